The van der Waals surface area contributed by atoms with E-state index in [1.165, 1.54) is 6.20 Å². The average Bonchev–Trinajstić information content (AvgIpc) is 2.85. The molecular weight excluding hydrogens is 320 g/mol. The van der Waals surface area contributed by atoms with Gasteiger partial charge in [-0.15, -0.1) is 0 Å². The molecule has 2 heterocycles. The summed E-state index contributed by atoms with van der Waals surface area (Å²) in [5.74, 6) is 0.427. The van der Waals surface area contributed by atoms with E-state index in [0.29, 0.717) is 18.9 Å². The molecule has 0 radical (unpaired) electrons. The third-order valence-electron chi connectivity index (χ3n) is 3.16. The third kappa shape index (κ3) is 5.05. The minimum atomic E-state index is -3.45. The first-order valence-corrected chi connectivity index (χ1v) is 9.21. The second-order valence-electron chi connectivity index (χ2n) is 6.55. The number of amides is 1. The summed E-state index contributed by atoms with van der Waals surface area (Å²) in [6.45, 7) is 6.53. The maximum atomic E-state index is 12.0. The quantitative estimate of drug-likeness (QED) is 0.826. The van der Waals surface area contributed by atoms with Crippen molar-refractivity contribution >= 4 is 21.7 Å². The summed E-state index contributed by atoms with van der Waals surface area (Å²) < 4.78 is 28.3. The molecule has 1 aliphatic rings. The van der Waals surface area contributed by atoms with Gasteiger partial charge in [-0.2, -0.15) is 0 Å². The lowest BCUT2D eigenvalue weighted by atomic mass is 10.2. The number of likely N-dealkylation sites (tertiary alicyclic amines) is 1. The van der Waals surface area contributed by atoms with Crippen LogP contribution in [0.5, 0.6) is 0 Å². The van der Waals surface area contributed by atoms with Gasteiger partial charge in [-0.25, -0.2) is 23.2 Å². The molecule has 1 amide bonds. The van der Waals surface area contributed by atoms with E-state index in [9.17, 15) is 13.2 Å². The van der Waals surface area contributed by atoms with Crippen molar-refractivity contribution in [3.8, 4) is 0 Å². The van der Waals surface area contributed by atoms with Crippen molar-refractivity contribution in [3.05, 3.63) is 12.3 Å². The van der Waals surface area contributed by atoms with Crippen LogP contribution in [-0.4, -0.2) is 60.4 Å². The first kappa shape index (κ1) is 17.5. The summed E-state index contributed by atoms with van der Waals surface area (Å²) in [5.41, 5.74) is -0.528. The number of rotatable bonds is 3. The van der Waals surface area contributed by atoms with E-state index in [-0.39, 0.29) is 17.3 Å². The molecule has 128 valence electrons. The van der Waals surface area contributed by atoms with Gasteiger partial charge in [0.1, 0.15) is 11.4 Å². The number of sulfone groups is 1. The number of nitrogens with one attached hydrogen (secondary N) is 1. The Labute approximate surface area is 136 Å². The van der Waals surface area contributed by atoms with E-state index in [2.05, 4.69) is 15.3 Å². The molecule has 1 saturated heterocycles. The Kier molecular flexibility index (Phi) is 4.79. The predicted molar refractivity (Wildman–Crippen MR) is 85.0 cm³/mol. The Balaban J connectivity index is 1.97. The topological polar surface area (TPSA) is 101 Å². The second-order valence-corrected chi connectivity index (χ2v) is 8.46. The zero-order valence-electron chi connectivity index (χ0n) is 13.7. The van der Waals surface area contributed by atoms with E-state index in [1.54, 1.807) is 11.0 Å². The molecule has 1 aromatic heterocycles. The number of hydrogen-bond donors (Lipinski definition) is 1. The van der Waals surface area contributed by atoms with Crippen LogP contribution in [0.3, 0.4) is 0 Å². The molecule has 0 bridgehead atoms. The second kappa shape index (κ2) is 6.31. The zero-order valence-corrected chi connectivity index (χ0v) is 14.6. The van der Waals surface area contributed by atoms with E-state index < -0.39 is 15.4 Å². The lowest BCUT2D eigenvalue weighted by Crippen LogP contribution is -2.36. The van der Waals surface area contributed by atoms with Crippen LogP contribution in [0.2, 0.25) is 0 Å². The molecule has 0 spiro atoms. The number of aromatic nitrogens is 2. The minimum Gasteiger partial charge on any atom is -0.444 e. The molecule has 1 atom stereocenters. The molecule has 9 heteroatoms. The number of nitrogens with zero attached hydrogens (tertiary/aromatic N) is 3. The number of carbonyl (C=O) groups excluding carboxylic acids is 1. The van der Waals surface area contributed by atoms with Crippen LogP contribution in [0.1, 0.15) is 27.2 Å². The fraction of sp³-hybridized carbons (Fsp3) is 0.643. The Morgan fingerprint density at radius 3 is 2.74 bits per heavy atom. The summed E-state index contributed by atoms with van der Waals surface area (Å²) in [4.78, 5) is 21.4. The van der Waals surface area contributed by atoms with Crippen LogP contribution in [0.25, 0.3) is 0 Å². The zero-order chi connectivity index (χ0) is 17.3. The highest BCUT2D eigenvalue weighted by Crippen LogP contribution is 2.18. The monoisotopic (exact) mass is 342 g/mol. The molecule has 1 N–H and O–H groups in total. The molecule has 23 heavy (non-hydrogen) atoms. The molecule has 1 aliphatic heterocycles. The van der Waals surface area contributed by atoms with Crippen LogP contribution in [0.4, 0.5) is 10.6 Å². The molecule has 8 nitrogen and oxygen atoms in total. The van der Waals surface area contributed by atoms with Crippen LogP contribution in [-0.2, 0) is 14.6 Å². The van der Waals surface area contributed by atoms with Gasteiger partial charge in [-0.3, -0.25) is 0 Å². The Hall–Kier alpha value is -1.90. The van der Waals surface area contributed by atoms with E-state index in [0.717, 1.165) is 12.7 Å². The van der Waals surface area contributed by atoms with E-state index in [4.69, 9.17) is 4.74 Å². The first-order chi connectivity index (χ1) is 10.5. The molecule has 1 fully saturated rings. The summed E-state index contributed by atoms with van der Waals surface area (Å²) in [7, 11) is -3.45. The van der Waals surface area contributed by atoms with Crippen LogP contribution < -0.4 is 5.32 Å². The van der Waals surface area contributed by atoms with Gasteiger partial charge in [-0.1, -0.05) is 0 Å². The number of ether oxygens (including phenoxy) is 1. The van der Waals surface area contributed by atoms with Crippen LogP contribution in [0.15, 0.2) is 17.4 Å². The average molecular weight is 342 g/mol. The van der Waals surface area contributed by atoms with Crippen molar-refractivity contribution in [1.82, 2.24) is 14.9 Å². The fourth-order valence-electron chi connectivity index (χ4n) is 2.18. The number of anilines is 1. The number of hydrogen-bond acceptors (Lipinski definition) is 7. The fourth-order valence-corrected chi connectivity index (χ4v) is 2.70. The van der Waals surface area contributed by atoms with Gasteiger partial charge in [0, 0.05) is 31.6 Å². The third-order valence-corrected chi connectivity index (χ3v) is 4.02. The molecule has 0 aliphatic carbocycles. The predicted octanol–water partition coefficient (Wildman–Crippen LogP) is 1.30. The van der Waals surface area contributed by atoms with Gasteiger partial charge in [0.2, 0.25) is 15.0 Å². The maximum absolute atomic E-state index is 12.0. The van der Waals surface area contributed by atoms with E-state index >= 15 is 0 Å². The van der Waals surface area contributed by atoms with Gasteiger partial charge in [0.25, 0.3) is 0 Å². The summed E-state index contributed by atoms with van der Waals surface area (Å²) in [5, 5.41) is 2.92. The highest BCUT2D eigenvalue weighted by atomic mass is 32.2. The molecule has 1 unspecified atom stereocenters. The van der Waals surface area contributed by atoms with Crippen molar-refractivity contribution in [2.75, 3.05) is 24.7 Å². The first-order valence-electron chi connectivity index (χ1n) is 7.32. The molecule has 0 saturated carbocycles. The molecule has 2 rings (SSSR count). The van der Waals surface area contributed by atoms with Crippen molar-refractivity contribution in [1.29, 1.82) is 0 Å². The molecule has 1 aromatic rings. The van der Waals surface area contributed by atoms with Crippen LogP contribution in [0, 0.1) is 0 Å². The van der Waals surface area contributed by atoms with Gasteiger partial charge in [0.05, 0.1) is 0 Å². The summed E-state index contributed by atoms with van der Waals surface area (Å²) >= 11 is 0. The largest absolute Gasteiger partial charge is 0.444 e. The Bertz CT molecular complexity index is 684. The lowest BCUT2D eigenvalue weighted by molar-refractivity contribution is 0.0293. The lowest BCUT2D eigenvalue weighted by Gasteiger charge is -2.24. The Morgan fingerprint density at radius 2 is 2.13 bits per heavy atom. The van der Waals surface area contributed by atoms with Gasteiger partial charge in [0.15, 0.2) is 0 Å². The summed E-state index contributed by atoms with van der Waals surface area (Å²) in [6.07, 6.45) is 2.84. The molecule has 0 aromatic carbocycles. The standard InChI is InChI=1S/C14H22N4O4S/c1-14(2,3)22-13(19)18-8-6-10(9-18)16-11-5-7-15-12(17-11)23(4,20)21/h5,7,10H,6,8-9H2,1-4H3,(H,15,16,17). The van der Waals surface area contributed by atoms with Crippen molar-refractivity contribution in [3.63, 3.8) is 0 Å². The highest BCUT2D eigenvalue weighted by Gasteiger charge is 2.30. The van der Waals surface area contributed by atoms with Gasteiger partial charge in [-0.05, 0) is 33.3 Å². The SMILES string of the molecule is CC(C)(C)OC(=O)N1CCC(Nc2ccnc(S(C)(=O)=O)n2)C1. The highest BCUT2D eigenvalue weighted by molar-refractivity contribution is 7.90. The minimum absolute atomic E-state index is 0.00942. The normalized spacial score (nSPS) is 18.8. The molecular formula is C14H22N4O4S. The Morgan fingerprint density at radius 1 is 1.43 bits per heavy atom. The number of carbonyl (C=O) groups is 1. The van der Waals surface area contributed by atoms with Gasteiger partial charge < -0.3 is 15.0 Å². The maximum Gasteiger partial charge on any atom is 0.410 e. The van der Waals surface area contributed by atoms with E-state index in [1.807, 2.05) is 20.8 Å². The van der Waals surface area contributed by atoms with Gasteiger partial charge >= 0.3 is 6.09 Å². The summed E-state index contributed by atoms with van der Waals surface area (Å²) in [6, 6.07) is 1.59. The van der Waals surface area contributed by atoms with Crippen molar-refractivity contribution in [2.24, 2.45) is 0 Å². The van der Waals surface area contributed by atoms with Crippen molar-refractivity contribution < 1.29 is 17.9 Å². The van der Waals surface area contributed by atoms with Crippen molar-refractivity contribution in [2.45, 2.75) is 44.0 Å². The smallest absolute Gasteiger partial charge is 0.410 e. The van der Waals surface area contributed by atoms with Crippen LogP contribution >= 0.6 is 0 Å².